The Labute approximate surface area is 134 Å². The van der Waals surface area contributed by atoms with E-state index in [1.165, 1.54) is 7.11 Å². The van der Waals surface area contributed by atoms with Crippen molar-refractivity contribution in [2.45, 2.75) is 26.4 Å². The molecule has 0 unspecified atom stereocenters. The number of aromatic nitrogens is 2. The van der Waals surface area contributed by atoms with Crippen LogP contribution in [0.3, 0.4) is 0 Å². The van der Waals surface area contributed by atoms with Gasteiger partial charge in [0.2, 0.25) is 0 Å². The van der Waals surface area contributed by atoms with E-state index >= 15 is 0 Å². The Kier molecular flexibility index (Phi) is 4.66. The maximum absolute atomic E-state index is 11.9. The van der Waals surface area contributed by atoms with E-state index in [4.69, 9.17) is 21.1 Å². The van der Waals surface area contributed by atoms with E-state index in [-0.39, 0.29) is 10.8 Å². The van der Waals surface area contributed by atoms with Crippen LogP contribution in [0, 0.1) is 0 Å². The normalized spacial score (nSPS) is 11.1. The fourth-order valence-corrected chi connectivity index (χ4v) is 2.08. The van der Waals surface area contributed by atoms with Gasteiger partial charge in [-0.1, -0.05) is 17.7 Å². The first-order valence-electron chi connectivity index (χ1n) is 6.70. The van der Waals surface area contributed by atoms with E-state index < -0.39 is 11.6 Å². The van der Waals surface area contributed by atoms with Crippen LogP contribution in [0.25, 0.3) is 11.1 Å². The molecule has 0 aliphatic heterocycles. The zero-order chi connectivity index (χ0) is 16.3. The van der Waals surface area contributed by atoms with Crippen molar-refractivity contribution in [1.29, 1.82) is 0 Å². The number of carbonyl (C=O) groups is 1. The van der Waals surface area contributed by atoms with Crippen molar-refractivity contribution >= 4 is 17.6 Å². The Hall–Kier alpha value is -2.14. The Balaban J connectivity index is 2.30. The minimum atomic E-state index is -0.556. The van der Waals surface area contributed by atoms with Crippen LogP contribution in [0.1, 0.15) is 31.3 Å². The molecule has 6 heteroatoms. The highest BCUT2D eigenvalue weighted by molar-refractivity contribution is 6.31. The van der Waals surface area contributed by atoms with Crippen molar-refractivity contribution in [2.24, 2.45) is 0 Å². The predicted molar refractivity (Wildman–Crippen MR) is 84.2 cm³/mol. The van der Waals surface area contributed by atoms with Gasteiger partial charge in [-0.05, 0) is 32.9 Å². The van der Waals surface area contributed by atoms with Crippen LogP contribution in [-0.4, -0.2) is 28.6 Å². The van der Waals surface area contributed by atoms with Crippen LogP contribution in [0.4, 0.5) is 0 Å². The number of rotatable bonds is 3. The molecule has 0 bridgehead atoms. The number of halogens is 1. The molecule has 2 aromatic rings. The number of nitrogens with zero attached hydrogens (tertiary/aromatic N) is 2. The van der Waals surface area contributed by atoms with Crippen molar-refractivity contribution in [3.05, 3.63) is 41.4 Å². The van der Waals surface area contributed by atoms with Crippen LogP contribution >= 0.6 is 11.6 Å². The third kappa shape index (κ3) is 3.74. The zero-order valence-corrected chi connectivity index (χ0v) is 13.6. The van der Waals surface area contributed by atoms with Gasteiger partial charge in [0.25, 0.3) is 0 Å². The fraction of sp³-hybridized carbons (Fsp3) is 0.312. The summed E-state index contributed by atoms with van der Waals surface area (Å²) in [6.45, 7) is 5.43. The molecule has 0 radical (unpaired) electrons. The fourth-order valence-electron chi connectivity index (χ4n) is 1.85. The third-order valence-corrected chi connectivity index (χ3v) is 3.02. The molecule has 0 aliphatic carbocycles. The van der Waals surface area contributed by atoms with Gasteiger partial charge in [0, 0.05) is 23.5 Å². The first kappa shape index (κ1) is 16.2. The van der Waals surface area contributed by atoms with Gasteiger partial charge in [-0.2, -0.15) is 0 Å². The first-order chi connectivity index (χ1) is 10.3. The summed E-state index contributed by atoms with van der Waals surface area (Å²) in [7, 11) is 1.52. The topological polar surface area (TPSA) is 61.3 Å². The number of carbonyl (C=O) groups excluding carboxylic acids is 1. The highest BCUT2D eigenvalue weighted by Gasteiger charge is 2.19. The average molecular weight is 321 g/mol. The molecule has 0 saturated heterocycles. The largest absolute Gasteiger partial charge is 0.493 e. The Morgan fingerprint density at radius 3 is 2.45 bits per heavy atom. The second kappa shape index (κ2) is 6.32. The van der Waals surface area contributed by atoms with E-state index in [1.807, 2.05) is 20.8 Å². The summed E-state index contributed by atoms with van der Waals surface area (Å²) in [5.74, 6) is 0.00904. The van der Waals surface area contributed by atoms with E-state index in [0.29, 0.717) is 5.75 Å². The molecule has 2 aromatic heterocycles. The summed E-state index contributed by atoms with van der Waals surface area (Å²) in [5, 5.41) is 0.274. The lowest BCUT2D eigenvalue weighted by atomic mass is 10.1. The van der Waals surface area contributed by atoms with Crippen LogP contribution < -0.4 is 4.74 Å². The van der Waals surface area contributed by atoms with E-state index in [1.54, 1.807) is 30.6 Å². The number of pyridine rings is 2. The second-order valence-corrected chi connectivity index (χ2v) is 5.97. The van der Waals surface area contributed by atoms with Crippen molar-refractivity contribution in [1.82, 2.24) is 9.97 Å². The summed E-state index contributed by atoms with van der Waals surface area (Å²) < 4.78 is 10.5. The highest BCUT2D eigenvalue weighted by Crippen LogP contribution is 2.34. The van der Waals surface area contributed by atoms with E-state index in [9.17, 15) is 4.79 Å². The molecule has 22 heavy (non-hydrogen) atoms. The van der Waals surface area contributed by atoms with Gasteiger partial charge in [0.1, 0.15) is 11.3 Å². The molecular formula is C16H17ClN2O3. The second-order valence-electron chi connectivity index (χ2n) is 5.62. The lowest BCUT2D eigenvalue weighted by molar-refractivity contribution is 0.00629. The van der Waals surface area contributed by atoms with Crippen LogP contribution in [0.2, 0.25) is 5.15 Å². The average Bonchev–Trinajstić information content (AvgIpc) is 2.45. The standard InChI is InChI=1S/C16H17ClN2O3/c1-16(2,3)22-15(20)12-6-5-10(9-19-12)11-7-8-18-14(17)13(11)21-4/h5-9H,1-4H3. The maximum Gasteiger partial charge on any atom is 0.357 e. The van der Waals surface area contributed by atoms with Gasteiger partial charge in [-0.15, -0.1) is 0 Å². The predicted octanol–water partition coefficient (Wildman–Crippen LogP) is 3.76. The van der Waals surface area contributed by atoms with Gasteiger partial charge in [0.15, 0.2) is 10.9 Å². The van der Waals surface area contributed by atoms with Crippen molar-refractivity contribution in [2.75, 3.05) is 7.11 Å². The smallest absolute Gasteiger partial charge is 0.357 e. The molecule has 0 N–H and O–H groups in total. The number of esters is 1. The molecule has 0 amide bonds. The molecule has 116 valence electrons. The van der Waals surface area contributed by atoms with Crippen molar-refractivity contribution < 1.29 is 14.3 Å². The van der Waals surface area contributed by atoms with Crippen molar-refractivity contribution in [3.63, 3.8) is 0 Å². The monoisotopic (exact) mass is 320 g/mol. The van der Waals surface area contributed by atoms with Crippen LogP contribution in [0.15, 0.2) is 30.6 Å². The minimum absolute atomic E-state index is 0.248. The number of hydrogen-bond acceptors (Lipinski definition) is 5. The molecule has 2 rings (SSSR count). The third-order valence-electron chi connectivity index (χ3n) is 2.75. The molecular weight excluding hydrogens is 304 g/mol. The van der Waals surface area contributed by atoms with Gasteiger partial charge >= 0.3 is 5.97 Å². The van der Waals surface area contributed by atoms with E-state index in [0.717, 1.165) is 11.1 Å². The van der Waals surface area contributed by atoms with Gasteiger partial charge in [0.05, 0.1) is 7.11 Å². The minimum Gasteiger partial charge on any atom is -0.493 e. The molecule has 0 spiro atoms. The summed E-state index contributed by atoms with van der Waals surface area (Å²) in [4.78, 5) is 20.1. The summed E-state index contributed by atoms with van der Waals surface area (Å²) >= 11 is 6.00. The van der Waals surface area contributed by atoms with Gasteiger partial charge in [-0.25, -0.2) is 14.8 Å². The molecule has 0 aromatic carbocycles. The lowest BCUT2D eigenvalue weighted by Crippen LogP contribution is -2.24. The SMILES string of the molecule is COc1c(-c2ccc(C(=O)OC(C)(C)C)nc2)ccnc1Cl. The molecule has 2 heterocycles. The highest BCUT2D eigenvalue weighted by atomic mass is 35.5. The van der Waals surface area contributed by atoms with E-state index in [2.05, 4.69) is 9.97 Å². The molecule has 0 atom stereocenters. The summed E-state index contributed by atoms with van der Waals surface area (Å²) in [6.07, 6.45) is 3.16. The Morgan fingerprint density at radius 1 is 1.18 bits per heavy atom. The summed E-state index contributed by atoms with van der Waals surface area (Å²) in [6, 6.07) is 5.15. The number of methoxy groups -OCH3 is 1. The maximum atomic E-state index is 11.9. The lowest BCUT2D eigenvalue weighted by Gasteiger charge is -2.19. The van der Waals surface area contributed by atoms with Crippen molar-refractivity contribution in [3.8, 4) is 16.9 Å². The van der Waals surface area contributed by atoms with Crippen LogP contribution in [-0.2, 0) is 4.74 Å². The molecule has 5 nitrogen and oxygen atoms in total. The molecule has 0 fully saturated rings. The van der Waals surface area contributed by atoms with Gasteiger partial charge in [-0.3, -0.25) is 0 Å². The number of hydrogen-bond donors (Lipinski definition) is 0. The molecule has 0 saturated carbocycles. The number of ether oxygens (including phenoxy) is 2. The quantitative estimate of drug-likeness (QED) is 0.636. The zero-order valence-electron chi connectivity index (χ0n) is 12.9. The first-order valence-corrected chi connectivity index (χ1v) is 7.08. The Bertz CT molecular complexity index is 679. The Morgan fingerprint density at radius 2 is 1.91 bits per heavy atom. The van der Waals surface area contributed by atoms with Crippen LogP contribution in [0.5, 0.6) is 5.75 Å². The molecule has 0 aliphatic rings. The van der Waals surface area contributed by atoms with Gasteiger partial charge < -0.3 is 9.47 Å². The summed E-state index contributed by atoms with van der Waals surface area (Å²) in [5.41, 5.74) is 1.22.